The van der Waals surface area contributed by atoms with Crippen LogP contribution in [-0.4, -0.2) is 35.1 Å². The van der Waals surface area contributed by atoms with E-state index in [1.54, 1.807) is 42.5 Å². The van der Waals surface area contributed by atoms with Gasteiger partial charge in [0.25, 0.3) is 11.1 Å². The van der Waals surface area contributed by atoms with E-state index in [-0.39, 0.29) is 11.5 Å². The Morgan fingerprint density at radius 3 is 2.50 bits per heavy atom. The average Bonchev–Trinajstić information content (AvgIpc) is 3.13. The van der Waals surface area contributed by atoms with Crippen LogP contribution < -0.4 is 14.8 Å². The highest BCUT2D eigenvalue weighted by Crippen LogP contribution is 2.35. The Bertz CT molecular complexity index is 1420. The molecule has 4 rings (SSSR count). The van der Waals surface area contributed by atoms with Crippen molar-refractivity contribution in [3.8, 4) is 11.5 Å². The molecule has 3 aromatic carbocycles. The third-order valence-electron chi connectivity index (χ3n) is 5.27. The summed E-state index contributed by atoms with van der Waals surface area (Å²) < 4.78 is 24.7. The third kappa shape index (κ3) is 6.86. The first kappa shape index (κ1) is 27.5. The number of carbonyl (C=O) groups is 3. The smallest absolute Gasteiger partial charge is 0.294 e. The van der Waals surface area contributed by atoms with Gasteiger partial charge in [0.1, 0.15) is 19.0 Å². The summed E-state index contributed by atoms with van der Waals surface area (Å²) in [5.41, 5.74) is 1.70. The van der Waals surface area contributed by atoms with E-state index in [9.17, 15) is 18.8 Å². The molecule has 0 unspecified atom stereocenters. The van der Waals surface area contributed by atoms with Crippen LogP contribution in [0.25, 0.3) is 6.08 Å². The van der Waals surface area contributed by atoms with Gasteiger partial charge in [-0.15, -0.1) is 0 Å². The Labute approximate surface area is 232 Å². The largest absolute Gasteiger partial charge is 0.490 e. The van der Waals surface area contributed by atoms with Crippen LogP contribution in [0.15, 0.2) is 65.6 Å². The maximum Gasteiger partial charge on any atom is 0.294 e. The van der Waals surface area contributed by atoms with Crippen LogP contribution in [0.2, 0.25) is 10.0 Å². The number of halogens is 3. The van der Waals surface area contributed by atoms with Crippen molar-refractivity contribution >= 4 is 63.8 Å². The molecule has 1 heterocycles. The molecule has 38 heavy (non-hydrogen) atoms. The predicted molar refractivity (Wildman–Crippen MR) is 146 cm³/mol. The molecular weight excluding hydrogens is 554 g/mol. The second-order valence-corrected chi connectivity index (χ2v) is 9.82. The monoisotopic (exact) mass is 574 g/mol. The predicted octanol–water partition coefficient (Wildman–Crippen LogP) is 6.79. The zero-order valence-corrected chi connectivity index (χ0v) is 22.3. The fourth-order valence-electron chi connectivity index (χ4n) is 3.46. The summed E-state index contributed by atoms with van der Waals surface area (Å²) in [5, 5.41) is 2.97. The SMILES string of the molecule is CCOc1cc(/C=C2\SC(=O)N(CC(=O)Nc3ccc(F)cc3)C2=O)ccc1OCc1ccc(Cl)cc1Cl. The molecule has 3 aromatic rings. The molecule has 196 valence electrons. The van der Waals surface area contributed by atoms with E-state index in [4.69, 9.17) is 32.7 Å². The molecule has 0 bridgehead atoms. The number of benzene rings is 3. The molecule has 1 saturated heterocycles. The molecule has 1 N–H and O–H groups in total. The first-order valence-corrected chi connectivity index (χ1v) is 12.9. The van der Waals surface area contributed by atoms with Gasteiger partial charge in [0.2, 0.25) is 5.91 Å². The van der Waals surface area contributed by atoms with E-state index in [0.717, 1.165) is 22.2 Å². The molecule has 0 spiro atoms. The number of amides is 3. The zero-order valence-electron chi connectivity index (χ0n) is 20.0. The van der Waals surface area contributed by atoms with Crippen molar-refractivity contribution in [2.75, 3.05) is 18.5 Å². The van der Waals surface area contributed by atoms with Crippen molar-refractivity contribution in [1.29, 1.82) is 0 Å². The Hall–Kier alpha value is -3.53. The summed E-state index contributed by atoms with van der Waals surface area (Å²) in [7, 11) is 0. The molecule has 0 atom stereocenters. The summed E-state index contributed by atoms with van der Waals surface area (Å²) in [4.78, 5) is 38.7. The molecule has 0 aliphatic carbocycles. The van der Waals surface area contributed by atoms with E-state index in [1.807, 2.05) is 6.92 Å². The van der Waals surface area contributed by atoms with Crippen molar-refractivity contribution in [1.82, 2.24) is 4.90 Å². The van der Waals surface area contributed by atoms with Gasteiger partial charge in [0.15, 0.2) is 11.5 Å². The van der Waals surface area contributed by atoms with Crippen LogP contribution in [0.1, 0.15) is 18.1 Å². The molecule has 0 aromatic heterocycles. The Morgan fingerprint density at radius 2 is 1.79 bits per heavy atom. The highest BCUT2D eigenvalue weighted by molar-refractivity contribution is 8.18. The highest BCUT2D eigenvalue weighted by atomic mass is 35.5. The standard InChI is InChI=1S/C27H21Cl2FN2O5S/c1-2-36-23-11-16(3-10-22(23)37-15-17-4-5-18(28)13-21(17)29)12-24-26(34)32(27(35)38-24)14-25(33)31-20-8-6-19(30)7-9-20/h3-13H,2,14-15H2,1H3,(H,31,33)/b24-12-. The second-order valence-electron chi connectivity index (χ2n) is 7.99. The molecule has 7 nitrogen and oxygen atoms in total. The molecule has 1 fully saturated rings. The summed E-state index contributed by atoms with van der Waals surface area (Å²) in [5.74, 6) is -0.701. The number of nitrogens with zero attached hydrogens (tertiary/aromatic N) is 1. The van der Waals surface area contributed by atoms with Gasteiger partial charge in [0, 0.05) is 21.3 Å². The Morgan fingerprint density at radius 1 is 1.03 bits per heavy atom. The fourth-order valence-corrected chi connectivity index (χ4v) is 4.76. The summed E-state index contributed by atoms with van der Waals surface area (Å²) in [6.07, 6.45) is 1.55. The lowest BCUT2D eigenvalue weighted by Crippen LogP contribution is -2.36. The number of thioether (sulfide) groups is 1. The van der Waals surface area contributed by atoms with Crippen molar-refractivity contribution < 1.29 is 28.2 Å². The van der Waals surface area contributed by atoms with Gasteiger partial charge in [-0.1, -0.05) is 35.3 Å². The number of nitrogens with one attached hydrogen (secondary N) is 1. The fraction of sp³-hybridized carbons (Fsp3) is 0.148. The minimum Gasteiger partial charge on any atom is -0.490 e. The van der Waals surface area contributed by atoms with E-state index in [0.29, 0.717) is 39.4 Å². The molecule has 11 heteroatoms. The van der Waals surface area contributed by atoms with Crippen LogP contribution in [-0.2, 0) is 16.2 Å². The topological polar surface area (TPSA) is 84.9 Å². The lowest BCUT2D eigenvalue weighted by molar-refractivity contribution is -0.127. The number of hydrogen-bond donors (Lipinski definition) is 1. The van der Waals surface area contributed by atoms with Gasteiger partial charge >= 0.3 is 0 Å². The molecule has 1 aliphatic heterocycles. The van der Waals surface area contributed by atoms with Gasteiger partial charge in [0.05, 0.1) is 11.5 Å². The average molecular weight is 575 g/mol. The normalized spacial score (nSPS) is 14.2. The van der Waals surface area contributed by atoms with Gasteiger partial charge in [-0.25, -0.2) is 4.39 Å². The number of imide groups is 1. The third-order valence-corrected chi connectivity index (χ3v) is 6.76. The van der Waals surface area contributed by atoms with Crippen molar-refractivity contribution in [3.63, 3.8) is 0 Å². The molecule has 0 radical (unpaired) electrons. The maximum absolute atomic E-state index is 13.1. The quantitative estimate of drug-likeness (QED) is 0.283. The number of hydrogen-bond acceptors (Lipinski definition) is 6. The Balaban J connectivity index is 1.45. The van der Waals surface area contributed by atoms with Gasteiger partial charge in [-0.3, -0.25) is 19.3 Å². The van der Waals surface area contributed by atoms with Crippen LogP contribution in [0.4, 0.5) is 14.9 Å². The number of rotatable bonds is 9. The first-order chi connectivity index (χ1) is 18.2. The van der Waals surface area contributed by atoms with Gasteiger partial charge in [-0.2, -0.15) is 0 Å². The maximum atomic E-state index is 13.1. The highest BCUT2D eigenvalue weighted by Gasteiger charge is 2.36. The molecular formula is C27H21Cl2FN2O5S. The summed E-state index contributed by atoms with van der Waals surface area (Å²) >= 11 is 12.9. The van der Waals surface area contributed by atoms with E-state index >= 15 is 0 Å². The van der Waals surface area contributed by atoms with Crippen LogP contribution in [0.5, 0.6) is 11.5 Å². The lowest BCUT2D eigenvalue weighted by atomic mass is 10.1. The number of anilines is 1. The molecule has 3 amide bonds. The van der Waals surface area contributed by atoms with Crippen LogP contribution >= 0.6 is 35.0 Å². The lowest BCUT2D eigenvalue weighted by Gasteiger charge is -2.14. The molecule has 1 aliphatic rings. The van der Waals surface area contributed by atoms with Crippen LogP contribution in [0, 0.1) is 5.82 Å². The second kappa shape index (κ2) is 12.3. The van der Waals surface area contributed by atoms with Gasteiger partial charge < -0.3 is 14.8 Å². The number of ether oxygens (including phenoxy) is 2. The molecule has 0 saturated carbocycles. The van der Waals surface area contributed by atoms with Crippen LogP contribution in [0.3, 0.4) is 0 Å². The Kier molecular flexibility index (Phi) is 8.93. The minimum atomic E-state index is -0.593. The van der Waals surface area contributed by atoms with Gasteiger partial charge in [-0.05, 0) is 78.9 Å². The van der Waals surface area contributed by atoms with E-state index < -0.39 is 29.4 Å². The van der Waals surface area contributed by atoms with E-state index in [2.05, 4.69) is 5.32 Å². The van der Waals surface area contributed by atoms with Crippen molar-refractivity contribution in [2.24, 2.45) is 0 Å². The summed E-state index contributed by atoms with van der Waals surface area (Å²) in [6, 6.07) is 15.4. The van der Waals surface area contributed by atoms with Crippen molar-refractivity contribution in [3.05, 3.63) is 92.6 Å². The van der Waals surface area contributed by atoms with E-state index in [1.165, 1.54) is 24.3 Å². The minimum absolute atomic E-state index is 0.161. The first-order valence-electron chi connectivity index (χ1n) is 11.4. The van der Waals surface area contributed by atoms with Crippen molar-refractivity contribution in [2.45, 2.75) is 13.5 Å². The summed E-state index contributed by atoms with van der Waals surface area (Å²) in [6.45, 7) is 1.92. The number of carbonyl (C=O) groups excluding carboxylic acids is 3. The zero-order chi connectivity index (χ0) is 27.2.